The van der Waals surface area contributed by atoms with Crippen molar-refractivity contribution in [2.45, 2.75) is 30.6 Å². The zero-order valence-corrected chi connectivity index (χ0v) is 19.0. The summed E-state index contributed by atoms with van der Waals surface area (Å²) in [5.41, 5.74) is 2.74. The number of carbonyl (C=O) groups is 1. The van der Waals surface area contributed by atoms with Gasteiger partial charge in [-0.3, -0.25) is 9.10 Å². The van der Waals surface area contributed by atoms with Gasteiger partial charge in [-0.15, -0.1) is 0 Å². The van der Waals surface area contributed by atoms with E-state index in [0.29, 0.717) is 29.4 Å². The van der Waals surface area contributed by atoms with Crippen LogP contribution in [0, 0.1) is 5.82 Å². The Kier molecular flexibility index (Phi) is 6.22. The molecule has 3 aromatic carbocycles. The first-order valence-electron chi connectivity index (χ1n) is 10.2. The number of amides is 1. The molecule has 1 N–H and O–H groups in total. The number of benzene rings is 3. The lowest BCUT2D eigenvalue weighted by molar-refractivity contribution is -0.117. The van der Waals surface area contributed by atoms with Crippen molar-refractivity contribution in [1.29, 1.82) is 0 Å². The number of halogens is 2. The second kappa shape index (κ2) is 8.92. The quantitative estimate of drug-likeness (QED) is 0.543. The second-order valence-electron chi connectivity index (χ2n) is 7.74. The molecule has 8 heteroatoms. The molecule has 1 unspecified atom stereocenters. The Balaban J connectivity index is 1.61. The van der Waals surface area contributed by atoms with E-state index in [0.717, 1.165) is 29.7 Å². The number of fused-ring (bicyclic) bond motifs is 1. The molecule has 1 aliphatic rings. The summed E-state index contributed by atoms with van der Waals surface area (Å²) in [6.07, 6.45) is 1.41. The zero-order chi connectivity index (χ0) is 22.9. The third kappa shape index (κ3) is 4.49. The number of sulfonamides is 1. The molecule has 0 bridgehead atoms. The van der Waals surface area contributed by atoms with Gasteiger partial charge in [0.05, 0.1) is 16.5 Å². The third-order valence-electron chi connectivity index (χ3n) is 5.59. The maximum absolute atomic E-state index is 13.3. The molecule has 0 aromatic heterocycles. The largest absolute Gasteiger partial charge is 0.325 e. The van der Waals surface area contributed by atoms with Crippen LogP contribution in [-0.4, -0.2) is 20.9 Å². The van der Waals surface area contributed by atoms with Crippen LogP contribution in [0.3, 0.4) is 0 Å². The Morgan fingerprint density at radius 1 is 1.06 bits per heavy atom. The summed E-state index contributed by atoms with van der Waals surface area (Å²) in [5.74, 6) is -1.12. The van der Waals surface area contributed by atoms with Crippen molar-refractivity contribution in [3.05, 3.63) is 88.7 Å². The maximum atomic E-state index is 13.3. The lowest BCUT2D eigenvalue weighted by Gasteiger charge is -2.31. The fourth-order valence-electron chi connectivity index (χ4n) is 3.76. The number of nitrogens with one attached hydrogen (secondary N) is 1. The van der Waals surface area contributed by atoms with Crippen molar-refractivity contribution in [3.8, 4) is 0 Å². The number of hydrogen-bond donors (Lipinski definition) is 1. The number of aryl methyl sites for hydroxylation is 1. The first-order chi connectivity index (χ1) is 15.3. The molecular formula is C24H22ClFN2O3S. The Morgan fingerprint density at radius 3 is 2.44 bits per heavy atom. The molecular weight excluding hydrogens is 451 g/mol. The molecule has 5 nitrogen and oxygen atoms in total. The Labute approximate surface area is 191 Å². The van der Waals surface area contributed by atoms with Crippen LogP contribution >= 0.6 is 11.6 Å². The minimum Gasteiger partial charge on any atom is -0.325 e. The smallest absolute Gasteiger partial charge is 0.264 e. The highest BCUT2D eigenvalue weighted by Gasteiger charge is 2.29. The van der Waals surface area contributed by atoms with Gasteiger partial charge in [0.25, 0.3) is 10.0 Å². The fraction of sp³-hybridized carbons (Fsp3) is 0.208. The summed E-state index contributed by atoms with van der Waals surface area (Å²) in [7, 11) is -3.86. The van der Waals surface area contributed by atoms with E-state index in [9.17, 15) is 17.6 Å². The molecule has 1 amide bonds. The van der Waals surface area contributed by atoms with Gasteiger partial charge in [0.15, 0.2) is 0 Å². The highest BCUT2D eigenvalue weighted by Crippen LogP contribution is 2.34. The zero-order valence-electron chi connectivity index (χ0n) is 17.4. The van der Waals surface area contributed by atoms with Crippen LogP contribution in [0.1, 0.15) is 30.4 Å². The molecule has 166 valence electrons. The van der Waals surface area contributed by atoms with E-state index in [1.165, 1.54) is 16.4 Å². The Hall–Kier alpha value is -2.90. The van der Waals surface area contributed by atoms with Gasteiger partial charge in [-0.2, -0.15) is 0 Å². The van der Waals surface area contributed by atoms with E-state index in [1.807, 2.05) is 6.07 Å². The van der Waals surface area contributed by atoms with Crippen molar-refractivity contribution in [3.63, 3.8) is 0 Å². The average molecular weight is 473 g/mol. The average Bonchev–Trinajstić information content (AvgIpc) is 2.79. The van der Waals surface area contributed by atoms with E-state index in [2.05, 4.69) is 5.32 Å². The van der Waals surface area contributed by atoms with Crippen LogP contribution in [0.2, 0.25) is 5.02 Å². The molecule has 0 aliphatic carbocycles. The van der Waals surface area contributed by atoms with Crippen LogP contribution < -0.4 is 9.62 Å². The van der Waals surface area contributed by atoms with Gasteiger partial charge in [0.1, 0.15) is 5.82 Å². The van der Waals surface area contributed by atoms with E-state index < -0.39 is 21.8 Å². The Morgan fingerprint density at radius 2 is 1.75 bits per heavy atom. The predicted molar refractivity (Wildman–Crippen MR) is 124 cm³/mol. The molecule has 4 rings (SSSR count). The first-order valence-corrected chi connectivity index (χ1v) is 12.0. The van der Waals surface area contributed by atoms with Crippen molar-refractivity contribution in [2.24, 2.45) is 0 Å². The SMILES string of the molecule is CC(C(=O)Nc1ccc2c(c1)N(S(=O)(=O)c1ccc(F)cc1)CCC2)c1ccc(Cl)cc1. The van der Waals surface area contributed by atoms with Gasteiger partial charge in [0.2, 0.25) is 5.91 Å². The molecule has 1 heterocycles. The topological polar surface area (TPSA) is 66.5 Å². The molecule has 1 aliphatic heterocycles. The molecule has 0 fully saturated rings. The summed E-state index contributed by atoms with van der Waals surface area (Å²) in [6.45, 7) is 2.10. The van der Waals surface area contributed by atoms with Crippen molar-refractivity contribution >= 4 is 38.9 Å². The minimum absolute atomic E-state index is 0.0255. The standard InChI is InChI=1S/C24H22ClFN2O3S/c1-16(17-4-7-19(25)8-5-17)24(29)27-21-11-6-18-3-2-14-28(23(18)15-21)32(30,31)22-12-9-20(26)10-13-22/h4-13,15-16H,2-3,14H2,1H3,(H,27,29). The summed E-state index contributed by atoms with van der Waals surface area (Å²) >= 11 is 5.92. The lowest BCUT2D eigenvalue weighted by Crippen LogP contribution is -2.35. The molecule has 0 spiro atoms. The predicted octanol–water partition coefficient (Wildman–Crippen LogP) is 5.36. The van der Waals surface area contributed by atoms with Crippen molar-refractivity contribution < 1.29 is 17.6 Å². The van der Waals surface area contributed by atoms with Crippen LogP contribution in [0.25, 0.3) is 0 Å². The second-order valence-corrected chi connectivity index (χ2v) is 10.0. The molecule has 0 saturated heterocycles. The summed E-state index contributed by atoms with van der Waals surface area (Å²) in [6, 6.07) is 17.2. The van der Waals surface area contributed by atoms with Crippen molar-refractivity contribution in [2.75, 3.05) is 16.2 Å². The summed E-state index contributed by atoms with van der Waals surface area (Å²) in [4.78, 5) is 12.8. The molecule has 0 radical (unpaired) electrons. The van der Waals surface area contributed by atoms with Gasteiger partial charge < -0.3 is 5.32 Å². The summed E-state index contributed by atoms with van der Waals surface area (Å²) in [5, 5.41) is 3.48. The third-order valence-corrected chi connectivity index (χ3v) is 7.67. The van der Waals surface area contributed by atoms with Crippen molar-refractivity contribution in [1.82, 2.24) is 0 Å². The highest BCUT2D eigenvalue weighted by atomic mass is 35.5. The summed E-state index contributed by atoms with van der Waals surface area (Å²) < 4.78 is 41.1. The number of hydrogen-bond acceptors (Lipinski definition) is 3. The number of carbonyl (C=O) groups excluding carboxylic acids is 1. The lowest BCUT2D eigenvalue weighted by atomic mass is 10.00. The number of anilines is 2. The molecule has 0 saturated carbocycles. The monoisotopic (exact) mass is 472 g/mol. The van der Waals surface area contributed by atoms with Crippen LogP contribution in [-0.2, 0) is 21.2 Å². The van der Waals surface area contributed by atoms with E-state index >= 15 is 0 Å². The maximum Gasteiger partial charge on any atom is 0.264 e. The van der Waals surface area contributed by atoms with Gasteiger partial charge in [-0.25, -0.2) is 12.8 Å². The molecule has 3 aromatic rings. The van der Waals surface area contributed by atoms with Gasteiger partial charge in [-0.1, -0.05) is 29.8 Å². The van der Waals surface area contributed by atoms with E-state index in [4.69, 9.17) is 11.6 Å². The normalized spacial score (nSPS) is 14.5. The van der Waals surface area contributed by atoms with Crippen LogP contribution in [0.5, 0.6) is 0 Å². The number of rotatable bonds is 5. The first kappa shape index (κ1) is 22.3. The van der Waals surface area contributed by atoms with Gasteiger partial charge in [0, 0.05) is 17.3 Å². The van der Waals surface area contributed by atoms with E-state index in [-0.39, 0.29) is 10.8 Å². The number of nitrogens with zero attached hydrogens (tertiary/aromatic N) is 1. The van der Waals surface area contributed by atoms with Crippen LogP contribution in [0.4, 0.5) is 15.8 Å². The fourth-order valence-corrected chi connectivity index (χ4v) is 5.41. The highest BCUT2D eigenvalue weighted by molar-refractivity contribution is 7.92. The molecule has 1 atom stereocenters. The Bertz CT molecular complexity index is 1250. The van der Waals surface area contributed by atoms with Gasteiger partial charge in [-0.05, 0) is 79.4 Å². The van der Waals surface area contributed by atoms with Gasteiger partial charge >= 0.3 is 0 Å². The minimum atomic E-state index is -3.86. The van der Waals surface area contributed by atoms with E-state index in [1.54, 1.807) is 43.3 Å². The molecule has 32 heavy (non-hydrogen) atoms. The van der Waals surface area contributed by atoms with Crippen LogP contribution in [0.15, 0.2) is 71.6 Å².